The number of nitrogens with zero attached hydrogens (tertiary/aromatic N) is 1. The lowest BCUT2D eigenvalue weighted by atomic mass is 10.3. The Morgan fingerprint density at radius 2 is 2.26 bits per heavy atom. The number of halogens is 1. The van der Waals surface area contributed by atoms with Crippen LogP contribution in [0.3, 0.4) is 0 Å². The average Bonchev–Trinajstić information content (AvgIpc) is 2.94. The van der Waals surface area contributed by atoms with Crippen molar-refractivity contribution in [2.45, 2.75) is 0 Å². The van der Waals surface area contributed by atoms with Gasteiger partial charge in [-0.3, -0.25) is 10.1 Å². The number of nitrogens with one attached hydrogen (secondary N) is 1. The van der Waals surface area contributed by atoms with Crippen molar-refractivity contribution in [2.24, 2.45) is 0 Å². The molecule has 2 aromatic rings. The number of thiazole rings is 1. The Morgan fingerprint density at radius 3 is 3.04 bits per heavy atom. The van der Waals surface area contributed by atoms with E-state index in [0.29, 0.717) is 11.7 Å². The van der Waals surface area contributed by atoms with Gasteiger partial charge in [0, 0.05) is 4.47 Å². The van der Waals surface area contributed by atoms with E-state index in [9.17, 15) is 9.59 Å². The summed E-state index contributed by atoms with van der Waals surface area (Å²) in [6, 6.07) is 5.63. The minimum atomic E-state index is -0.743. The molecule has 1 aliphatic rings. The van der Waals surface area contributed by atoms with Gasteiger partial charge in [-0.25, -0.2) is 9.78 Å². The fourth-order valence-corrected chi connectivity index (χ4v) is 3.22. The molecule has 0 unspecified atom stereocenters. The van der Waals surface area contributed by atoms with Crippen LogP contribution >= 0.6 is 27.3 Å². The van der Waals surface area contributed by atoms with Crippen molar-refractivity contribution in [2.75, 3.05) is 25.1 Å². The number of hydrogen-bond acceptors (Lipinski definition) is 7. The van der Waals surface area contributed by atoms with Crippen molar-refractivity contribution >= 4 is 54.5 Å². The molecule has 1 amide bonds. The summed E-state index contributed by atoms with van der Waals surface area (Å²) in [5, 5.41) is 3.03. The smallest absolute Gasteiger partial charge is 0.377 e. The number of carbonyl (C=O) groups is 2. The van der Waals surface area contributed by atoms with Crippen molar-refractivity contribution in [3.63, 3.8) is 0 Å². The quantitative estimate of drug-likeness (QED) is 0.795. The Morgan fingerprint density at radius 1 is 1.39 bits per heavy atom. The van der Waals surface area contributed by atoms with Crippen LogP contribution in [0.5, 0.6) is 0 Å². The van der Waals surface area contributed by atoms with Crippen molar-refractivity contribution in [3.8, 4) is 0 Å². The van der Waals surface area contributed by atoms with Crippen LogP contribution in [0.2, 0.25) is 0 Å². The second kappa shape index (κ2) is 6.97. The molecule has 0 radical (unpaired) electrons. The highest BCUT2D eigenvalue weighted by Crippen LogP contribution is 2.28. The number of hydrogen-bond donors (Lipinski definition) is 1. The lowest BCUT2D eigenvalue weighted by Crippen LogP contribution is -2.23. The molecule has 0 saturated carbocycles. The summed E-state index contributed by atoms with van der Waals surface area (Å²) in [7, 11) is 0. The van der Waals surface area contributed by atoms with E-state index >= 15 is 0 Å². The number of rotatable bonds is 4. The predicted octanol–water partition coefficient (Wildman–Crippen LogP) is 2.43. The van der Waals surface area contributed by atoms with Crippen LogP contribution in [0.4, 0.5) is 5.13 Å². The molecule has 1 N–H and O–H groups in total. The Kier molecular flexibility index (Phi) is 4.77. The fraction of sp³-hybridized carbons (Fsp3) is 0.214. The summed E-state index contributed by atoms with van der Waals surface area (Å²) in [6.45, 7) is 0.221. The van der Waals surface area contributed by atoms with Crippen molar-refractivity contribution in [1.82, 2.24) is 4.98 Å². The Balaban J connectivity index is 1.56. The van der Waals surface area contributed by atoms with Gasteiger partial charge in [0.2, 0.25) is 5.76 Å². The summed E-state index contributed by atoms with van der Waals surface area (Å²) < 4.78 is 16.7. The number of fused-ring (bicyclic) bond motifs is 1. The van der Waals surface area contributed by atoms with E-state index in [0.717, 1.165) is 14.7 Å². The fourth-order valence-electron chi connectivity index (χ4n) is 1.78. The van der Waals surface area contributed by atoms with E-state index in [1.807, 2.05) is 18.2 Å². The third kappa shape index (κ3) is 3.99. The van der Waals surface area contributed by atoms with E-state index < -0.39 is 18.5 Å². The first kappa shape index (κ1) is 15.8. The second-order valence-electron chi connectivity index (χ2n) is 4.46. The Labute approximate surface area is 143 Å². The van der Waals surface area contributed by atoms with E-state index in [1.165, 1.54) is 17.6 Å². The zero-order chi connectivity index (χ0) is 16.2. The van der Waals surface area contributed by atoms with Gasteiger partial charge in [0.25, 0.3) is 5.91 Å². The first-order chi connectivity index (χ1) is 11.1. The lowest BCUT2D eigenvalue weighted by Gasteiger charge is -2.14. The van der Waals surface area contributed by atoms with E-state index in [4.69, 9.17) is 14.2 Å². The maximum Gasteiger partial charge on any atom is 0.377 e. The molecule has 120 valence electrons. The van der Waals surface area contributed by atoms with E-state index in [2.05, 4.69) is 26.2 Å². The number of carbonyl (C=O) groups excluding carboxylic acids is 2. The summed E-state index contributed by atoms with van der Waals surface area (Å²) in [5.41, 5.74) is 0.781. The van der Waals surface area contributed by atoms with Crippen LogP contribution in [-0.4, -0.2) is 36.7 Å². The maximum absolute atomic E-state index is 11.8. The highest BCUT2D eigenvalue weighted by atomic mass is 79.9. The van der Waals surface area contributed by atoms with Gasteiger partial charge in [-0.15, -0.1) is 0 Å². The summed E-state index contributed by atoms with van der Waals surface area (Å²) in [6.07, 6.45) is 1.18. The predicted molar refractivity (Wildman–Crippen MR) is 86.9 cm³/mol. The molecule has 1 aliphatic heterocycles. The average molecular weight is 399 g/mol. The monoisotopic (exact) mass is 398 g/mol. The SMILES string of the molecule is O=C(COC(=O)C1=COCCO1)Nc1nc2ccc(Br)cc2s1. The third-order valence-electron chi connectivity index (χ3n) is 2.78. The molecule has 0 bridgehead atoms. The summed E-state index contributed by atoms with van der Waals surface area (Å²) >= 11 is 4.71. The molecule has 23 heavy (non-hydrogen) atoms. The Hall–Kier alpha value is -2.13. The zero-order valence-electron chi connectivity index (χ0n) is 11.7. The highest BCUT2D eigenvalue weighted by Gasteiger charge is 2.18. The molecule has 0 atom stereocenters. The van der Waals surface area contributed by atoms with Crippen molar-refractivity contribution in [3.05, 3.63) is 34.7 Å². The molecule has 2 heterocycles. The maximum atomic E-state index is 11.8. The lowest BCUT2D eigenvalue weighted by molar-refractivity contribution is -0.148. The number of anilines is 1. The molecule has 3 rings (SSSR count). The van der Waals surface area contributed by atoms with Gasteiger partial charge in [-0.1, -0.05) is 27.3 Å². The summed E-state index contributed by atoms with van der Waals surface area (Å²) in [4.78, 5) is 27.7. The standard InChI is InChI=1S/C14H11BrN2O5S/c15-8-1-2-9-11(5-8)23-14(16-9)17-12(18)7-22-13(19)10-6-20-3-4-21-10/h1-2,5-6H,3-4,7H2,(H,16,17,18). The molecule has 9 heteroatoms. The van der Waals surface area contributed by atoms with Gasteiger partial charge in [-0.2, -0.15) is 0 Å². The highest BCUT2D eigenvalue weighted by molar-refractivity contribution is 9.10. The molecule has 1 aromatic heterocycles. The van der Waals surface area contributed by atoms with Crippen molar-refractivity contribution in [1.29, 1.82) is 0 Å². The zero-order valence-corrected chi connectivity index (χ0v) is 14.1. The van der Waals surface area contributed by atoms with Crippen LogP contribution in [0, 0.1) is 0 Å². The van der Waals surface area contributed by atoms with Crippen LogP contribution in [-0.2, 0) is 23.8 Å². The number of aromatic nitrogens is 1. The normalized spacial score (nSPS) is 13.7. The van der Waals surface area contributed by atoms with Crippen LogP contribution in [0.15, 0.2) is 34.7 Å². The first-order valence-corrected chi connectivity index (χ1v) is 8.20. The molecule has 7 nitrogen and oxygen atoms in total. The second-order valence-corrected chi connectivity index (χ2v) is 6.40. The minimum Gasteiger partial charge on any atom is -0.493 e. The number of benzene rings is 1. The minimum absolute atomic E-state index is 0.0473. The van der Waals surface area contributed by atoms with Crippen molar-refractivity contribution < 1.29 is 23.8 Å². The molecular formula is C14H11BrN2O5S. The topological polar surface area (TPSA) is 86.8 Å². The van der Waals surface area contributed by atoms with Gasteiger partial charge in [0.15, 0.2) is 11.7 Å². The van der Waals surface area contributed by atoms with Gasteiger partial charge >= 0.3 is 5.97 Å². The molecule has 0 saturated heterocycles. The van der Waals surface area contributed by atoms with Gasteiger partial charge in [-0.05, 0) is 18.2 Å². The van der Waals surface area contributed by atoms with Crippen LogP contribution in [0.25, 0.3) is 10.2 Å². The summed E-state index contributed by atoms with van der Waals surface area (Å²) in [5.74, 6) is -1.27. The van der Waals surface area contributed by atoms with E-state index in [1.54, 1.807) is 0 Å². The third-order valence-corrected chi connectivity index (χ3v) is 4.21. The molecule has 0 spiro atoms. The largest absolute Gasteiger partial charge is 0.493 e. The van der Waals surface area contributed by atoms with Crippen LogP contribution in [0.1, 0.15) is 0 Å². The Bertz CT molecular complexity index is 789. The number of amides is 1. The molecule has 0 aliphatic carbocycles. The number of ether oxygens (including phenoxy) is 3. The number of esters is 1. The first-order valence-electron chi connectivity index (χ1n) is 6.59. The molecule has 1 aromatic carbocycles. The van der Waals surface area contributed by atoms with Gasteiger partial charge < -0.3 is 14.2 Å². The molecular weight excluding hydrogens is 388 g/mol. The van der Waals surface area contributed by atoms with Crippen LogP contribution < -0.4 is 5.32 Å². The molecule has 0 fully saturated rings. The van der Waals surface area contributed by atoms with E-state index in [-0.39, 0.29) is 12.4 Å². The van der Waals surface area contributed by atoms with Gasteiger partial charge in [0.1, 0.15) is 19.5 Å². The van der Waals surface area contributed by atoms with Gasteiger partial charge in [0.05, 0.1) is 10.2 Å².